The average Bonchev–Trinajstić information content (AvgIpc) is 2.39. The molecular formula is C15H13F3O3. The summed E-state index contributed by atoms with van der Waals surface area (Å²) in [6.07, 6.45) is -4.01. The van der Waals surface area contributed by atoms with E-state index in [0.717, 1.165) is 18.1 Å². The Kier molecular flexibility index (Phi) is 4.26. The van der Waals surface area contributed by atoms with Crippen molar-refractivity contribution in [2.45, 2.75) is 19.7 Å². The average molecular weight is 298 g/mol. The number of hydrogen-bond donors (Lipinski definition) is 1. The fourth-order valence-electron chi connectivity index (χ4n) is 1.73. The van der Waals surface area contributed by atoms with E-state index in [1.807, 2.05) is 6.92 Å². The lowest BCUT2D eigenvalue weighted by Gasteiger charge is -2.11. The molecule has 0 bridgehead atoms. The number of benzene rings is 2. The summed E-state index contributed by atoms with van der Waals surface area (Å²) in [7, 11) is 0. The SMILES string of the molecule is CCc1ccc(Oc2cccc(OC(F)(F)F)c2)c(O)c1. The summed E-state index contributed by atoms with van der Waals surface area (Å²) in [6.45, 7) is 1.94. The molecule has 0 radical (unpaired) electrons. The second-order valence-corrected chi connectivity index (χ2v) is 4.28. The molecule has 0 unspecified atom stereocenters. The van der Waals surface area contributed by atoms with Crippen LogP contribution < -0.4 is 9.47 Å². The monoisotopic (exact) mass is 298 g/mol. The highest BCUT2D eigenvalue weighted by Gasteiger charge is 2.31. The molecule has 6 heteroatoms. The van der Waals surface area contributed by atoms with Crippen molar-refractivity contribution in [3.05, 3.63) is 48.0 Å². The van der Waals surface area contributed by atoms with Crippen LogP contribution in [0, 0.1) is 0 Å². The summed E-state index contributed by atoms with van der Waals surface area (Å²) < 4.78 is 45.6. The maximum absolute atomic E-state index is 12.1. The lowest BCUT2D eigenvalue weighted by atomic mass is 10.1. The van der Waals surface area contributed by atoms with Crippen LogP contribution in [0.15, 0.2) is 42.5 Å². The largest absolute Gasteiger partial charge is 0.573 e. The smallest absolute Gasteiger partial charge is 0.504 e. The third-order valence-electron chi connectivity index (χ3n) is 2.70. The molecule has 0 aromatic heterocycles. The Bertz CT molecular complexity index is 624. The van der Waals surface area contributed by atoms with Crippen molar-refractivity contribution in [2.75, 3.05) is 0 Å². The van der Waals surface area contributed by atoms with Gasteiger partial charge in [0.1, 0.15) is 11.5 Å². The second kappa shape index (κ2) is 5.95. The molecule has 1 N–H and O–H groups in total. The zero-order chi connectivity index (χ0) is 15.5. The van der Waals surface area contributed by atoms with Crippen LogP contribution in [0.1, 0.15) is 12.5 Å². The van der Waals surface area contributed by atoms with Gasteiger partial charge in [-0.3, -0.25) is 0 Å². The highest BCUT2D eigenvalue weighted by atomic mass is 19.4. The van der Waals surface area contributed by atoms with Crippen LogP contribution >= 0.6 is 0 Å². The van der Waals surface area contributed by atoms with Crippen LogP contribution in [0.25, 0.3) is 0 Å². The van der Waals surface area contributed by atoms with E-state index in [-0.39, 0.29) is 23.0 Å². The molecule has 0 aliphatic heterocycles. The van der Waals surface area contributed by atoms with Crippen molar-refractivity contribution in [1.82, 2.24) is 0 Å². The third kappa shape index (κ3) is 4.30. The molecule has 0 saturated carbocycles. The molecule has 112 valence electrons. The lowest BCUT2D eigenvalue weighted by molar-refractivity contribution is -0.274. The van der Waals surface area contributed by atoms with Gasteiger partial charge in [-0.15, -0.1) is 13.2 Å². The Hall–Kier alpha value is -2.37. The number of aromatic hydroxyl groups is 1. The van der Waals surface area contributed by atoms with Crippen LogP contribution in [0.2, 0.25) is 0 Å². The van der Waals surface area contributed by atoms with Gasteiger partial charge in [-0.2, -0.15) is 0 Å². The minimum Gasteiger partial charge on any atom is -0.504 e. The van der Waals surface area contributed by atoms with Gasteiger partial charge in [-0.25, -0.2) is 0 Å². The molecule has 21 heavy (non-hydrogen) atoms. The zero-order valence-corrected chi connectivity index (χ0v) is 11.1. The van der Waals surface area contributed by atoms with E-state index in [2.05, 4.69) is 4.74 Å². The summed E-state index contributed by atoms with van der Waals surface area (Å²) in [5, 5.41) is 9.80. The van der Waals surface area contributed by atoms with Crippen LogP contribution in [-0.4, -0.2) is 11.5 Å². The molecule has 0 amide bonds. The van der Waals surface area contributed by atoms with E-state index < -0.39 is 6.36 Å². The maximum atomic E-state index is 12.1. The Morgan fingerprint density at radius 3 is 2.38 bits per heavy atom. The number of alkyl halides is 3. The van der Waals surface area contributed by atoms with E-state index in [1.165, 1.54) is 18.2 Å². The van der Waals surface area contributed by atoms with Crippen LogP contribution in [-0.2, 0) is 6.42 Å². The molecule has 0 atom stereocenters. The van der Waals surface area contributed by atoms with Crippen LogP contribution in [0.5, 0.6) is 23.0 Å². The van der Waals surface area contributed by atoms with Gasteiger partial charge < -0.3 is 14.6 Å². The van der Waals surface area contributed by atoms with Gasteiger partial charge in [-0.1, -0.05) is 19.1 Å². The Labute approximate surface area is 119 Å². The summed E-state index contributed by atoms with van der Waals surface area (Å²) in [4.78, 5) is 0. The first-order valence-electron chi connectivity index (χ1n) is 6.23. The number of hydrogen-bond acceptors (Lipinski definition) is 3. The van der Waals surface area contributed by atoms with E-state index in [1.54, 1.807) is 18.2 Å². The molecule has 0 fully saturated rings. The predicted molar refractivity (Wildman–Crippen MR) is 70.7 cm³/mol. The Morgan fingerprint density at radius 2 is 1.76 bits per heavy atom. The van der Waals surface area contributed by atoms with E-state index >= 15 is 0 Å². The fraction of sp³-hybridized carbons (Fsp3) is 0.200. The van der Waals surface area contributed by atoms with Crippen molar-refractivity contribution in [3.63, 3.8) is 0 Å². The van der Waals surface area contributed by atoms with Gasteiger partial charge in [0.15, 0.2) is 11.5 Å². The minimum atomic E-state index is -4.76. The number of phenols is 1. The topological polar surface area (TPSA) is 38.7 Å². The zero-order valence-electron chi connectivity index (χ0n) is 11.1. The number of rotatable bonds is 4. The number of halogens is 3. The quantitative estimate of drug-likeness (QED) is 0.893. The highest BCUT2D eigenvalue weighted by Crippen LogP contribution is 2.33. The van der Waals surface area contributed by atoms with Crippen molar-refractivity contribution in [2.24, 2.45) is 0 Å². The first kappa shape index (κ1) is 15.0. The van der Waals surface area contributed by atoms with E-state index in [0.29, 0.717) is 0 Å². The van der Waals surface area contributed by atoms with E-state index in [4.69, 9.17) is 4.74 Å². The van der Waals surface area contributed by atoms with Gasteiger partial charge in [0.2, 0.25) is 0 Å². The van der Waals surface area contributed by atoms with E-state index in [9.17, 15) is 18.3 Å². The Balaban J connectivity index is 2.18. The molecular weight excluding hydrogens is 285 g/mol. The normalized spacial score (nSPS) is 11.2. The molecule has 0 spiro atoms. The van der Waals surface area contributed by atoms with Crippen molar-refractivity contribution in [1.29, 1.82) is 0 Å². The van der Waals surface area contributed by atoms with Gasteiger partial charge in [0.25, 0.3) is 0 Å². The summed E-state index contributed by atoms with van der Waals surface area (Å²) in [5.41, 5.74) is 0.925. The molecule has 0 saturated heterocycles. The molecule has 2 aromatic carbocycles. The summed E-state index contributed by atoms with van der Waals surface area (Å²) in [6, 6.07) is 9.98. The summed E-state index contributed by atoms with van der Waals surface area (Å²) in [5.74, 6) is -0.159. The van der Waals surface area contributed by atoms with Crippen LogP contribution in [0.3, 0.4) is 0 Å². The molecule has 0 aliphatic rings. The fourth-order valence-corrected chi connectivity index (χ4v) is 1.73. The lowest BCUT2D eigenvalue weighted by Crippen LogP contribution is -2.17. The first-order chi connectivity index (χ1) is 9.87. The van der Waals surface area contributed by atoms with Gasteiger partial charge in [0, 0.05) is 6.07 Å². The first-order valence-corrected chi connectivity index (χ1v) is 6.23. The molecule has 2 aromatic rings. The summed E-state index contributed by atoms with van der Waals surface area (Å²) >= 11 is 0. The maximum Gasteiger partial charge on any atom is 0.573 e. The number of ether oxygens (including phenoxy) is 2. The number of phenolic OH excluding ortho intramolecular Hbond substituents is 1. The molecule has 3 nitrogen and oxygen atoms in total. The van der Waals surface area contributed by atoms with Crippen molar-refractivity contribution in [3.8, 4) is 23.0 Å². The predicted octanol–water partition coefficient (Wildman–Crippen LogP) is 4.65. The number of aryl methyl sites for hydroxylation is 1. The highest BCUT2D eigenvalue weighted by molar-refractivity contribution is 5.45. The van der Waals surface area contributed by atoms with Gasteiger partial charge in [0.05, 0.1) is 0 Å². The third-order valence-corrected chi connectivity index (χ3v) is 2.70. The Morgan fingerprint density at radius 1 is 1.05 bits per heavy atom. The van der Waals surface area contributed by atoms with Crippen molar-refractivity contribution >= 4 is 0 Å². The molecule has 2 rings (SSSR count). The van der Waals surface area contributed by atoms with Gasteiger partial charge in [-0.05, 0) is 36.2 Å². The molecule has 0 heterocycles. The molecule has 0 aliphatic carbocycles. The van der Waals surface area contributed by atoms with Crippen LogP contribution in [0.4, 0.5) is 13.2 Å². The van der Waals surface area contributed by atoms with Gasteiger partial charge >= 0.3 is 6.36 Å². The van der Waals surface area contributed by atoms with Crippen molar-refractivity contribution < 1.29 is 27.8 Å². The minimum absolute atomic E-state index is 0.0727. The standard InChI is InChI=1S/C15H13F3O3/c1-2-10-6-7-14(13(19)8-10)20-11-4-3-5-12(9-11)21-15(16,17)18/h3-9,19H,2H2,1H3. The second-order valence-electron chi connectivity index (χ2n) is 4.28.